The number of hydrazine groups is 1. The number of hydrogen-bond acceptors (Lipinski definition) is 9. The van der Waals surface area contributed by atoms with Crippen molar-refractivity contribution in [2.75, 3.05) is 11.9 Å². The van der Waals surface area contributed by atoms with E-state index in [4.69, 9.17) is 5.73 Å². The van der Waals surface area contributed by atoms with E-state index in [9.17, 15) is 42.9 Å². The predicted molar refractivity (Wildman–Crippen MR) is 142 cm³/mol. The quantitative estimate of drug-likeness (QED) is 0.0355. The van der Waals surface area contributed by atoms with Gasteiger partial charge in [0, 0.05) is 24.5 Å². The lowest BCUT2D eigenvalue weighted by atomic mass is 9.79. The first-order chi connectivity index (χ1) is 19.4. The molecule has 0 saturated heterocycles. The van der Waals surface area contributed by atoms with Crippen LogP contribution in [0.5, 0.6) is 0 Å². The number of nitrogens with one attached hydrogen (secondary N) is 3. The first kappa shape index (κ1) is 33.7. The highest BCUT2D eigenvalue weighted by Gasteiger charge is 2.39. The van der Waals surface area contributed by atoms with Crippen LogP contribution in [0.2, 0.25) is 0 Å². The molecule has 0 aromatic carbocycles. The van der Waals surface area contributed by atoms with Gasteiger partial charge >= 0.3 is 6.18 Å². The van der Waals surface area contributed by atoms with Gasteiger partial charge in [0.15, 0.2) is 10.2 Å². The fraction of sp³-hybridized carbons (Fsp3) is 0.696. The molecule has 1 saturated carbocycles. The average molecular weight is 609 g/mol. The second kappa shape index (κ2) is 16.7. The van der Waals surface area contributed by atoms with Gasteiger partial charge in [0.1, 0.15) is 6.04 Å². The van der Waals surface area contributed by atoms with E-state index in [1.54, 1.807) is 10.8 Å². The van der Waals surface area contributed by atoms with Gasteiger partial charge in [-0.05, 0) is 31.6 Å². The molecule has 1 aromatic rings. The standard InChI is InChI=1S/C23H35F3N8O6S/c24-23(25,26)9-8-18(33(38)14-35)16(13-15-5-2-1-3-6-15)19(36)30-17(20(37)31-22-29-11-12-41-22)7-4-10-28-21(27)32-34(39)40/h11-12,14-18,38H,1-10,13H2,(H,30,36)(H3,27,28,32)(H,29,31,37)/t16-,17+,18+/m0/s1. The highest BCUT2D eigenvalue weighted by atomic mass is 32.1. The van der Waals surface area contributed by atoms with E-state index in [0.717, 1.165) is 43.4 Å². The molecule has 0 spiro atoms. The monoisotopic (exact) mass is 608 g/mol. The van der Waals surface area contributed by atoms with Crippen LogP contribution in [0.3, 0.4) is 0 Å². The van der Waals surface area contributed by atoms with Crippen LogP contribution in [0.15, 0.2) is 16.6 Å². The van der Waals surface area contributed by atoms with Gasteiger partial charge in [-0.3, -0.25) is 19.6 Å². The van der Waals surface area contributed by atoms with Crippen molar-refractivity contribution in [1.29, 1.82) is 0 Å². The van der Waals surface area contributed by atoms with E-state index in [1.165, 1.54) is 6.20 Å². The Hall–Kier alpha value is -3.54. The normalized spacial score (nSPS) is 16.7. The number of nitrogens with zero attached hydrogens (tertiary/aromatic N) is 4. The van der Waals surface area contributed by atoms with Crippen LogP contribution >= 0.6 is 11.3 Å². The second-order valence-corrected chi connectivity index (χ2v) is 10.6. The number of rotatable bonds is 16. The van der Waals surface area contributed by atoms with E-state index in [-0.39, 0.29) is 48.3 Å². The minimum atomic E-state index is -4.59. The molecule has 1 heterocycles. The van der Waals surface area contributed by atoms with Gasteiger partial charge in [-0.15, -0.1) is 11.3 Å². The lowest BCUT2D eigenvalue weighted by molar-refractivity contribution is -0.525. The highest BCUT2D eigenvalue weighted by Crippen LogP contribution is 2.34. The largest absolute Gasteiger partial charge is 0.389 e. The lowest BCUT2D eigenvalue weighted by Crippen LogP contribution is -2.51. The molecule has 1 aliphatic carbocycles. The molecule has 3 atom stereocenters. The fourth-order valence-electron chi connectivity index (χ4n) is 4.78. The number of alkyl halides is 3. The predicted octanol–water partition coefficient (Wildman–Crippen LogP) is 2.59. The van der Waals surface area contributed by atoms with E-state index in [1.807, 2.05) is 0 Å². The van der Waals surface area contributed by atoms with Crippen LogP contribution in [0.25, 0.3) is 0 Å². The molecule has 14 nitrogen and oxygen atoms in total. The van der Waals surface area contributed by atoms with Crippen molar-refractivity contribution in [3.63, 3.8) is 0 Å². The molecule has 18 heteroatoms. The van der Waals surface area contributed by atoms with Gasteiger partial charge in [0.05, 0.1) is 12.0 Å². The molecular formula is C23H35F3N8O6S. The highest BCUT2D eigenvalue weighted by molar-refractivity contribution is 7.13. The average Bonchev–Trinajstić information content (AvgIpc) is 3.42. The number of thiazole rings is 1. The minimum Gasteiger partial charge on any atom is -0.365 e. The number of anilines is 1. The molecule has 0 unspecified atom stereocenters. The SMILES string of the molecule is NC(=NCCC[C@@H](NC(=O)[C@@H](CC1CCCCC1)[C@@H](CCC(F)(F)F)N(O)C=O)C(=O)Nc1nccs1)N[N+](=O)[O-]. The van der Waals surface area contributed by atoms with Crippen molar-refractivity contribution in [1.82, 2.24) is 20.8 Å². The maximum absolute atomic E-state index is 13.6. The van der Waals surface area contributed by atoms with E-state index >= 15 is 0 Å². The van der Waals surface area contributed by atoms with Gasteiger partial charge in [-0.2, -0.15) is 13.2 Å². The first-order valence-corrected chi connectivity index (χ1v) is 14.0. The van der Waals surface area contributed by atoms with Gasteiger partial charge in [0.2, 0.25) is 18.2 Å². The number of carbonyl (C=O) groups is 3. The summed E-state index contributed by atoms with van der Waals surface area (Å²) in [6, 6.07) is -2.68. The minimum absolute atomic E-state index is 0.0121. The lowest BCUT2D eigenvalue weighted by Gasteiger charge is -2.34. The van der Waals surface area contributed by atoms with Gasteiger partial charge < -0.3 is 16.4 Å². The third-order valence-electron chi connectivity index (χ3n) is 6.72. The maximum Gasteiger partial charge on any atom is 0.389 e. The van der Waals surface area contributed by atoms with Crippen molar-refractivity contribution in [3.8, 4) is 0 Å². The molecular weight excluding hydrogens is 573 g/mol. The molecule has 6 N–H and O–H groups in total. The Labute approximate surface area is 238 Å². The number of carbonyl (C=O) groups excluding carboxylic acids is 3. The molecule has 1 fully saturated rings. The van der Waals surface area contributed by atoms with Crippen molar-refractivity contribution >= 4 is 40.7 Å². The van der Waals surface area contributed by atoms with E-state index in [2.05, 4.69) is 20.6 Å². The Morgan fingerprint density at radius 1 is 1.29 bits per heavy atom. The molecule has 1 aromatic heterocycles. The number of nitrogens with two attached hydrogens (primary N) is 1. The summed E-state index contributed by atoms with van der Waals surface area (Å²) in [7, 11) is 0. The van der Waals surface area contributed by atoms with Crippen LogP contribution in [-0.4, -0.2) is 69.3 Å². The topological polar surface area (TPSA) is 205 Å². The summed E-state index contributed by atoms with van der Waals surface area (Å²) < 4.78 is 39.3. The Morgan fingerprint density at radius 2 is 2.00 bits per heavy atom. The van der Waals surface area contributed by atoms with E-state index < -0.39 is 59.8 Å². The van der Waals surface area contributed by atoms with Crippen molar-refractivity contribution in [3.05, 3.63) is 21.7 Å². The van der Waals surface area contributed by atoms with Crippen LogP contribution in [0.4, 0.5) is 18.3 Å². The summed E-state index contributed by atoms with van der Waals surface area (Å²) in [5.74, 6) is -3.15. The summed E-state index contributed by atoms with van der Waals surface area (Å²) in [6.45, 7) is -0.0428. The molecule has 0 radical (unpaired) electrons. The molecule has 1 aliphatic rings. The van der Waals surface area contributed by atoms with Crippen LogP contribution in [-0.2, 0) is 14.4 Å². The van der Waals surface area contributed by atoms with E-state index in [0.29, 0.717) is 0 Å². The molecule has 41 heavy (non-hydrogen) atoms. The number of guanidine groups is 1. The number of hydroxylamine groups is 2. The molecule has 0 bridgehead atoms. The molecule has 230 valence electrons. The van der Waals surface area contributed by atoms with Crippen molar-refractivity contribution in [2.24, 2.45) is 22.6 Å². The Kier molecular flexibility index (Phi) is 13.7. The number of aliphatic imine (C=N–C) groups is 1. The maximum atomic E-state index is 13.6. The Morgan fingerprint density at radius 3 is 2.59 bits per heavy atom. The summed E-state index contributed by atoms with van der Waals surface area (Å²) >= 11 is 1.12. The van der Waals surface area contributed by atoms with Crippen molar-refractivity contribution in [2.45, 2.75) is 82.5 Å². The van der Waals surface area contributed by atoms with Gasteiger partial charge in [-0.25, -0.2) is 25.2 Å². The summed E-state index contributed by atoms with van der Waals surface area (Å²) in [5, 5.41) is 26.9. The van der Waals surface area contributed by atoms with Crippen LogP contribution in [0.1, 0.15) is 64.2 Å². The number of amides is 3. The zero-order valence-corrected chi connectivity index (χ0v) is 23.0. The molecule has 0 aliphatic heterocycles. The fourth-order valence-corrected chi connectivity index (χ4v) is 5.31. The smallest absolute Gasteiger partial charge is 0.365 e. The number of hydrogen-bond donors (Lipinski definition) is 5. The first-order valence-electron chi connectivity index (χ1n) is 13.1. The van der Waals surface area contributed by atoms with Gasteiger partial charge in [-0.1, -0.05) is 37.5 Å². The van der Waals surface area contributed by atoms with Crippen LogP contribution in [0, 0.1) is 22.0 Å². The molecule has 3 amide bonds. The zero-order valence-electron chi connectivity index (χ0n) is 22.2. The summed E-state index contributed by atoms with van der Waals surface area (Å²) in [6.07, 6.45) is -0.711. The Balaban J connectivity index is 2.26. The Bertz CT molecular complexity index is 1020. The molecule has 2 rings (SSSR count). The number of aromatic nitrogens is 1. The van der Waals surface area contributed by atoms with Gasteiger partial charge in [0.25, 0.3) is 5.96 Å². The third kappa shape index (κ3) is 12.7. The number of halogens is 3. The van der Waals surface area contributed by atoms with Crippen molar-refractivity contribution < 1.29 is 37.8 Å². The third-order valence-corrected chi connectivity index (χ3v) is 7.41. The zero-order chi connectivity index (χ0) is 30.4. The van der Waals surface area contributed by atoms with Crippen LogP contribution < -0.4 is 21.8 Å². The second-order valence-electron chi connectivity index (χ2n) is 9.72. The summed E-state index contributed by atoms with van der Waals surface area (Å²) in [4.78, 5) is 56.3. The summed E-state index contributed by atoms with van der Waals surface area (Å²) in [5.41, 5.74) is 7.07. The number of nitro groups is 1.